The summed E-state index contributed by atoms with van der Waals surface area (Å²) >= 11 is 0. The molecule has 0 aliphatic carbocycles. The third-order valence-corrected chi connectivity index (χ3v) is 1.77. The Morgan fingerprint density at radius 3 is 2.06 bits per heavy atom. The summed E-state index contributed by atoms with van der Waals surface area (Å²) in [7, 11) is 0. The largest absolute Gasteiger partial charge is 0.464 e. The molecule has 6 nitrogen and oxygen atoms in total. The van der Waals surface area contributed by atoms with Crippen LogP contribution in [0.25, 0.3) is 0 Å². The lowest BCUT2D eigenvalue weighted by Crippen LogP contribution is -2.46. The minimum Gasteiger partial charge on any atom is -0.464 e. The maximum atomic E-state index is 10.9. The number of carbonyl (C=O) groups is 3. The molecule has 0 spiro atoms. The van der Waals surface area contributed by atoms with Crippen molar-refractivity contribution in [2.75, 3.05) is 6.61 Å². The molecular weight excluding hydrogens is 214 g/mol. The molecule has 1 amide bonds. The van der Waals surface area contributed by atoms with E-state index in [1.807, 2.05) is 0 Å². The topological polar surface area (TPSA) is 81.7 Å². The Morgan fingerprint density at radius 2 is 1.69 bits per heavy atom. The van der Waals surface area contributed by atoms with Gasteiger partial charge in [0.2, 0.25) is 5.91 Å². The normalized spacial score (nSPS) is 13.5. The van der Waals surface area contributed by atoms with E-state index >= 15 is 0 Å². The van der Waals surface area contributed by atoms with Gasteiger partial charge in [-0.25, -0.2) is 0 Å². The van der Waals surface area contributed by atoms with Gasteiger partial charge in [0.05, 0.1) is 6.04 Å². The summed E-state index contributed by atoms with van der Waals surface area (Å²) in [6.45, 7) is 5.46. The smallest absolute Gasteiger partial charge is 0.302 e. The summed E-state index contributed by atoms with van der Waals surface area (Å²) in [5.74, 6) is -1.19. The molecule has 2 atom stereocenters. The number of carbonyl (C=O) groups excluding carboxylic acids is 3. The lowest BCUT2D eigenvalue weighted by Gasteiger charge is -2.23. The van der Waals surface area contributed by atoms with Gasteiger partial charge in [0, 0.05) is 20.8 Å². The molecule has 1 N–H and O–H groups in total. The Morgan fingerprint density at radius 1 is 1.12 bits per heavy atom. The van der Waals surface area contributed by atoms with E-state index in [4.69, 9.17) is 9.47 Å². The van der Waals surface area contributed by atoms with Crippen LogP contribution in [0.1, 0.15) is 27.7 Å². The van der Waals surface area contributed by atoms with Gasteiger partial charge in [-0.15, -0.1) is 0 Å². The quantitative estimate of drug-likeness (QED) is 0.674. The number of amides is 1. The zero-order valence-corrected chi connectivity index (χ0v) is 9.90. The first-order chi connectivity index (χ1) is 7.32. The van der Waals surface area contributed by atoms with Crippen molar-refractivity contribution in [3.05, 3.63) is 0 Å². The summed E-state index contributed by atoms with van der Waals surface area (Å²) in [6.07, 6.45) is -0.555. The summed E-state index contributed by atoms with van der Waals surface area (Å²) < 4.78 is 9.66. The average molecular weight is 231 g/mol. The average Bonchev–Trinajstić information content (AvgIpc) is 2.09. The first-order valence-electron chi connectivity index (χ1n) is 4.90. The third kappa shape index (κ3) is 6.80. The molecule has 0 radical (unpaired) electrons. The van der Waals surface area contributed by atoms with Crippen LogP contribution in [0.15, 0.2) is 0 Å². The molecule has 0 unspecified atom stereocenters. The molecule has 0 aliphatic rings. The fourth-order valence-corrected chi connectivity index (χ4v) is 1.11. The molecule has 0 aromatic heterocycles. The van der Waals surface area contributed by atoms with Crippen LogP contribution in [0.3, 0.4) is 0 Å². The minimum absolute atomic E-state index is 0.0244. The van der Waals surface area contributed by atoms with Crippen LogP contribution in [0.5, 0.6) is 0 Å². The van der Waals surface area contributed by atoms with Crippen molar-refractivity contribution in [3.8, 4) is 0 Å². The number of rotatable bonds is 5. The zero-order valence-electron chi connectivity index (χ0n) is 9.90. The Bertz CT molecular complexity index is 276. The molecule has 0 saturated carbocycles. The second-order valence-electron chi connectivity index (χ2n) is 3.42. The molecule has 0 heterocycles. The lowest BCUT2D eigenvalue weighted by atomic mass is 10.2. The monoisotopic (exact) mass is 231 g/mol. The van der Waals surface area contributed by atoms with Gasteiger partial charge >= 0.3 is 11.9 Å². The number of nitrogens with one attached hydrogen (secondary N) is 1. The number of hydrogen-bond acceptors (Lipinski definition) is 5. The van der Waals surface area contributed by atoms with Gasteiger partial charge < -0.3 is 14.8 Å². The fourth-order valence-electron chi connectivity index (χ4n) is 1.11. The van der Waals surface area contributed by atoms with E-state index in [-0.39, 0.29) is 12.5 Å². The van der Waals surface area contributed by atoms with Gasteiger partial charge in [-0.2, -0.15) is 0 Å². The molecule has 92 valence electrons. The van der Waals surface area contributed by atoms with Crippen molar-refractivity contribution in [3.63, 3.8) is 0 Å². The molecule has 0 aliphatic heterocycles. The van der Waals surface area contributed by atoms with Crippen LogP contribution in [0.2, 0.25) is 0 Å². The first kappa shape index (κ1) is 14.4. The van der Waals surface area contributed by atoms with Crippen LogP contribution >= 0.6 is 0 Å². The highest BCUT2D eigenvalue weighted by molar-refractivity contribution is 5.73. The number of ether oxygens (including phenoxy) is 2. The molecule has 0 aromatic carbocycles. The minimum atomic E-state index is -0.555. The van der Waals surface area contributed by atoms with Gasteiger partial charge in [0.1, 0.15) is 12.7 Å². The van der Waals surface area contributed by atoms with Gasteiger partial charge in [-0.05, 0) is 6.92 Å². The SMILES string of the molecule is CC(=O)N[C@@H](COC(C)=O)[C@H](C)OC(C)=O. The molecule has 0 fully saturated rings. The Kier molecular flexibility index (Phi) is 6.14. The molecule has 0 bridgehead atoms. The Hall–Kier alpha value is -1.59. The highest BCUT2D eigenvalue weighted by atomic mass is 16.6. The number of hydrogen-bond donors (Lipinski definition) is 1. The van der Waals surface area contributed by atoms with Crippen molar-refractivity contribution < 1.29 is 23.9 Å². The van der Waals surface area contributed by atoms with Crippen molar-refractivity contribution in [1.82, 2.24) is 5.32 Å². The summed E-state index contributed by atoms with van der Waals surface area (Å²) in [4.78, 5) is 32.3. The fraction of sp³-hybridized carbons (Fsp3) is 0.700. The van der Waals surface area contributed by atoms with Gasteiger partial charge in [0.25, 0.3) is 0 Å². The van der Waals surface area contributed by atoms with E-state index in [1.165, 1.54) is 20.8 Å². The van der Waals surface area contributed by atoms with Crippen molar-refractivity contribution in [2.45, 2.75) is 39.8 Å². The predicted molar refractivity (Wildman–Crippen MR) is 55.5 cm³/mol. The van der Waals surface area contributed by atoms with E-state index in [0.29, 0.717) is 0 Å². The molecule has 6 heteroatoms. The molecule has 0 saturated heterocycles. The second kappa shape index (κ2) is 6.81. The molecule has 0 aromatic rings. The summed E-state index contributed by atoms with van der Waals surface area (Å²) in [6, 6.07) is -0.537. The predicted octanol–water partition coefficient (Wildman–Crippen LogP) is 0.00580. The molecule has 0 rings (SSSR count). The standard InChI is InChI=1S/C10H17NO5/c1-6(16-9(4)14)10(11-7(2)12)5-15-8(3)13/h6,10H,5H2,1-4H3,(H,11,12)/t6-,10-/m0/s1. The van der Waals surface area contributed by atoms with E-state index in [9.17, 15) is 14.4 Å². The highest BCUT2D eigenvalue weighted by Gasteiger charge is 2.21. The number of esters is 2. The van der Waals surface area contributed by atoms with Crippen molar-refractivity contribution in [1.29, 1.82) is 0 Å². The summed E-state index contributed by atoms with van der Waals surface area (Å²) in [5, 5.41) is 2.55. The molecular formula is C10H17NO5. The van der Waals surface area contributed by atoms with E-state index in [0.717, 1.165) is 0 Å². The van der Waals surface area contributed by atoms with Crippen molar-refractivity contribution in [2.24, 2.45) is 0 Å². The lowest BCUT2D eigenvalue weighted by molar-refractivity contribution is -0.150. The van der Waals surface area contributed by atoms with E-state index in [2.05, 4.69) is 5.32 Å². The maximum Gasteiger partial charge on any atom is 0.302 e. The van der Waals surface area contributed by atoms with Gasteiger partial charge in [-0.1, -0.05) is 0 Å². The van der Waals surface area contributed by atoms with Crippen molar-refractivity contribution >= 4 is 17.8 Å². The molecule has 16 heavy (non-hydrogen) atoms. The van der Waals surface area contributed by atoms with Crippen LogP contribution < -0.4 is 5.32 Å². The van der Waals surface area contributed by atoms with Crippen LogP contribution in [0, 0.1) is 0 Å². The first-order valence-corrected chi connectivity index (χ1v) is 4.90. The maximum absolute atomic E-state index is 10.9. The van der Waals surface area contributed by atoms with E-state index < -0.39 is 24.1 Å². The van der Waals surface area contributed by atoms with Gasteiger partial charge in [0.15, 0.2) is 0 Å². The summed E-state index contributed by atoms with van der Waals surface area (Å²) in [5.41, 5.74) is 0. The second-order valence-corrected chi connectivity index (χ2v) is 3.42. The van der Waals surface area contributed by atoms with Crippen LogP contribution in [-0.2, 0) is 23.9 Å². The van der Waals surface area contributed by atoms with E-state index in [1.54, 1.807) is 6.92 Å². The van der Waals surface area contributed by atoms with Gasteiger partial charge in [-0.3, -0.25) is 14.4 Å². The Balaban J connectivity index is 4.33. The van der Waals surface area contributed by atoms with Crippen LogP contribution in [-0.4, -0.2) is 36.6 Å². The van der Waals surface area contributed by atoms with Crippen LogP contribution in [0.4, 0.5) is 0 Å². The third-order valence-electron chi connectivity index (χ3n) is 1.77. The Labute approximate surface area is 94.3 Å². The zero-order chi connectivity index (χ0) is 12.7. The highest BCUT2D eigenvalue weighted by Crippen LogP contribution is 2.01.